The summed E-state index contributed by atoms with van der Waals surface area (Å²) in [5, 5.41) is 10.2. The molecule has 1 saturated heterocycles. The van der Waals surface area contributed by atoms with Gasteiger partial charge in [0.25, 0.3) is 5.56 Å². The monoisotopic (exact) mass is 525 g/mol. The van der Waals surface area contributed by atoms with Crippen LogP contribution < -0.4 is 11.2 Å². The third-order valence-corrected chi connectivity index (χ3v) is 7.99. The predicted molar refractivity (Wildman–Crippen MR) is 137 cm³/mol. The van der Waals surface area contributed by atoms with Crippen LogP contribution in [0.2, 0.25) is 0 Å². The first-order chi connectivity index (χ1) is 17.7. The Morgan fingerprint density at radius 2 is 2.05 bits per heavy atom. The molecule has 37 heavy (non-hydrogen) atoms. The minimum absolute atomic E-state index is 0.0663. The van der Waals surface area contributed by atoms with Gasteiger partial charge in [-0.05, 0) is 38.3 Å². The number of aryl methyl sites for hydroxylation is 1. The smallest absolute Gasteiger partial charge is 0.333 e. The molecule has 1 fully saturated rings. The molecule has 194 valence electrons. The average molecular weight is 526 g/mol. The molecule has 10 nitrogen and oxygen atoms in total. The maximum atomic E-state index is 13.9. The second-order valence-electron chi connectivity index (χ2n) is 9.49. The van der Waals surface area contributed by atoms with Crippen molar-refractivity contribution in [3.8, 4) is 10.8 Å². The number of benzene rings is 1. The van der Waals surface area contributed by atoms with Crippen LogP contribution in [0.25, 0.3) is 21.0 Å². The number of fused-ring (bicyclic) bond motifs is 1. The van der Waals surface area contributed by atoms with Gasteiger partial charge in [0, 0.05) is 6.61 Å². The second kappa shape index (κ2) is 9.73. The molecule has 2 atom stereocenters. The molecule has 4 heterocycles. The number of thiophene rings is 1. The van der Waals surface area contributed by atoms with Crippen molar-refractivity contribution in [2.24, 2.45) is 0 Å². The van der Waals surface area contributed by atoms with Gasteiger partial charge >= 0.3 is 11.7 Å². The molecule has 4 aromatic rings. The van der Waals surface area contributed by atoms with Crippen molar-refractivity contribution in [3.63, 3.8) is 0 Å². The summed E-state index contributed by atoms with van der Waals surface area (Å²) in [5.41, 5.74) is -1.76. The Morgan fingerprint density at radius 3 is 2.68 bits per heavy atom. The number of carbonyl (C=O) groups is 1. The van der Waals surface area contributed by atoms with Crippen LogP contribution in [0.1, 0.15) is 37.5 Å². The van der Waals surface area contributed by atoms with Gasteiger partial charge in [0.1, 0.15) is 22.7 Å². The second-order valence-corrected chi connectivity index (χ2v) is 10.5. The highest BCUT2D eigenvalue weighted by Gasteiger charge is 2.36. The normalized spacial score (nSPS) is 16.9. The number of carboxylic acid groups (broad SMARTS) is 1. The van der Waals surface area contributed by atoms with Gasteiger partial charge in [-0.1, -0.05) is 30.3 Å². The van der Waals surface area contributed by atoms with Crippen molar-refractivity contribution in [3.05, 3.63) is 74.8 Å². The fourth-order valence-electron chi connectivity index (χ4n) is 4.55. The van der Waals surface area contributed by atoms with Crippen molar-refractivity contribution in [1.29, 1.82) is 0 Å². The van der Waals surface area contributed by atoms with E-state index in [0.29, 0.717) is 34.4 Å². The molecular formula is C26H27N3O7S. The zero-order chi connectivity index (χ0) is 26.3. The number of oxazole rings is 1. The first-order valence-corrected chi connectivity index (χ1v) is 12.7. The summed E-state index contributed by atoms with van der Waals surface area (Å²) in [4.78, 5) is 45.0. The number of rotatable bonds is 8. The maximum absolute atomic E-state index is 13.9. The largest absolute Gasteiger partial charge is 0.480 e. The molecule has 11 heteroatoms. The third-order valence-electron chi connectivity index (χ3n) is 6.69. The summed E-state index contributed by atoms with van der Waals surface area (Å²) in [5.74, 6) is -0.975. The lowest BCUT2D eigenvalue weighted by Crippen LogP contribution is -2.52. The lowest BCUT2D eigenvalue weighted by Gasteiger charge is -2.26. The van der Waals surface area contributed by atoms with Crippen molar-refractivity contribution in [2.75, 3.05) is 13.2 Å². The van der Waals surface area contributed by atoms with Gasteiger partial charge in [0.2, 0.25) is 5.89 Å². The average Bonchev–Trinajstić information content (AvgIpc) is 3.63. The molecule has 0 spiro atoms. The summed E-state index contributed by atoms with van der Waals surface area (Å²) in [6.07, 6.45) is 2.97. The molecular weight excluding hydrogens is 498 g/mol. The van der Waals surface area contributed by atoms with Crippen molar-refractivity contribution >= 4 is 27.5 Å². The fourth-order valence-corrected chi connectivity index (χ4v) is 5.79. The first kappa shape index (κ1) is 25.1. The van der Waals surface area contributed by atoms with Crippen LogP contribution in [-0.4, -0.2) is 44.5 Å². The summed E-state index contributed by atoms with van der Waals surface area (Å²) < 4.78 is 19.6. The van der Waals surface area contributed by atoms with Crippen LogP contribution in [0.4, 0.5) is 0 Å². The summed E-state index contributed by atoms with van der Waals surface area (Å²) in [6.45, 7) is 5.53. The zero-order valence-electron chi connectivity index (χ0n) is 20.7. The van der Waals surface area contributed by atoms with E-state index in [-0.39, 0.29) is 18.0 Å². The molecule has 0 radical (unpaired) electrons. The zero-order valence-corrected chi connectivity index (χ0v) is 21.5. The van der Waals surface area contributed by atoms with Gasteiger partial charge < -0.3 is 19.0 Å². The van der Waals surface area contributed by atoms with E-state index < -0.39 is 28.9 Å². The number of aromatic nitrogens is 3. The highest BCUT2D eigenvalue weighted by atomic mass is 32.1. The van der Waals surface area contributed by atoms with Crippen LogP contribution in [0.5, 0.6) is 0 Å². The van der Waals surface area contributed by atoms with Gasteiger partial charge in [-0.3, -0.25) is 9.36 Å². The minimum Gasteiger partial charge on any atom is -0.480 e. The topological polar surface area (TPSA) is 126 Å². The SMILES string of the molecule is Cc1c(-c2ncco2)sc2c1c(=O)n(C(C)(C)C(=O)O)c(=O)n2CC(O[C@H]1CCOC1)c1ccccc1. The number of aliphatic carboxylic acids is 1. The van der Waals surface area contributed by atoms with Crippen LogP contribution in [-0.2, 0) is 26.4 Å². The van der Waals surface area contributed by atoms with Crippen LogP contribution in [0.15, 0.2) is 56.8 Å². The van der Waals surface area contributed by atoms with Gasteiger partial charge in [0.05, 0.1) is 35.7 Å². The molecule has 3 aromatic heterocycles. The highest BCUT2D eigenvalue weighted by molar-refractivity contribution is 7.22. The van der Waals surface area contributed by atoms with Crippen LogP contribution >= 0.6 is 11.3 Å². The Hall–Kier alpha value is -3.54. The molecule has 1 N–H and O–H groups in total. The Bertz CT molecular complexity index is 1550. The van der Waals surface area contributed by atoms with Crippen molar-refractivity contribution < 1.29 is 23.8 Å². The molecule has 1 aliphatic rings. The van der Waals surface area contributed by atoms with E-state index in [1.54, 1.807) is 6.92 Å². The molecule has 1 unspecified atom stereocenters. The Kier molecular flexibility index (Phi) is 6.61. The lowest BCUT2D eigenvalue weighted by atomic mass is 10.1. The summed E-state index contributed by atoms with van der Waals surface area (Å²) in [6, 6.07) is 9.50. The van der Waals surface area contributed by atoms with E-state index in [4.69, 9.17) is 13.9 Å². The number of ether oxygens (including phenoxy) is 2. The molecule has 0 aliphatic carbocycles. The lowest BCUT2D eigenvalue weighted by molar-refractivity contribution is -0.146. The Labute approximate surface area is 215 Å². The molecule has 0 amide bonds. The maximum Gasteiger partial charge on any atom is 0.333 e. The van der Waals surface area contributed by atoms with E-state index >= 15 is 0 Å². The third kappa shape index (κ3) is 4.43. The van der Waals surface area contributed by atoms with Gasteiger partial charge in [-0.25, -0.2) is 19.1 Å². The van der Waals surface area contributed by atoms with Crippen LogP contribution in [0, 0.1) is 6.92 Å². The van der Waals surface area contributed by atoms with Gasteiger partial charge in [0.15, 0.2) is 0 Å². The van der Waals surface area contributed by atoms with E-state index in [2.05, 4.69) is 4.98 Å². The molecule has 0 bridgehead atoms. The molecule has 1 aromatic carbocycles. The first-order valence-electron chi connectivity index (χ1n) is 11.9. The summed E-state index contributed by atoms with van der Waals surface area (Å²) >= 11 is 1.21. The molecule has 1 aliphatic heterocycles. The quantitative estimate of drug-likeness (QED) is 0.370. The minimum atomic E-state index is -1.79. The number of hydrogen-bond donors (Lipinski definition) is 1. The molecule has 5 rings (SSSR count). The fraction of sp³-hybridized carbons (Fsp3) is 0.385. The standard InChI is InChI=1S/C26H27N3O7S/c1-15-19-22(30)29(26(2,3)24(31)32)25(33)28(23(19)37-20(15)21-27-10-12-35-21)13-18(16-7-5-4-6-8-16)36-17-9-11-34-14-17/h4-8,10,12,17-18H,9,11,13-14H2,1-3H3,(H,31,32)/t17-,18?/m0/s1. The number of hydrogen-bond acceptors (Lipinski definition) is 8. The Morgan fingerprint density at radius 1 is 1.30 bits per heavy atom. The van der Waals surface area contributed by atoms with Crippen molar-refractivity contribution in [2.45, 2.75) is 51.5 Å². The van der Waals surface area contributed by atoms with E-state index in [1.165, 1.54) is 42.2 Å². The highest BCUT2D eigenvalue weighted by Crippen LogP contribution is 2.36. The number of carboxylic acids is 1. The van der Waals surface area contributed by atoms with Crippen molar-refractivity contribution in [1.82, 2.24) is 14.1 Å². The van der Waals surface area contributed by atoms with Gasteiger partial charge in [-0.2, -0.15) is 0 Å². The van der Waals surface area contributed by atoms with Gasteiger partial charge in [-0.15, -0.1) is 11.3 Å². The molecule has 0 saturated carbocycles. The van der Waals surface area contributed by atoms with Crippen LogP contribution in [0.3, 0.4) is 0 Å². The van der Waals surface area contributed by atoms with E-state index in [1.807, 2.05) is 30.3 Å². The van der Waals surface area contributed by atoms with E-state index in [0.717, 1.165) is 16.6 Å². The predicted octanol–water partition coefficient (Wildman–Crippen LogP) is 3.55. The van der Waals surface area contributed by atoms with E-state index in [9.17, 15) is 19.5 Å². The Balaban J connectivity index is 1.75. The number of nitrogens with zero attached hydrogens (tertiary/aromatic N) is 3. The summed E-state index contributed by atoms with van der Waals surface area (Å²) in [7, 11) is 0.